The minimum Gasteiger partial charge on any atom is -0.401 e. The molecule has 2 aromatic rings. The Kier molecular flexibility index (Phi) is 9.50. The topological polar surface area (TPSA) is 110 Å². The SMILES string of the molecule is C=C(NC1=CCC=c2nc[nH]c2=C1)S/C(C(=O)c1c(Cl)ccc(N)c1Cl)=C(\C)N.CCC. The number of nitrogen functional groups attached to an aromatic ring is 1. The summed E-state index contributed by atoms with van der Waals surface area (Å²) in [7, 11) is 0. The molecule has 0 spiro atoms. The van der Waals surface area contributed by atoms with Crippen LogP contribution in [-0.4, -0.2) is 15.8 Å². The number of ketones is 1. The summed E-state index contributed by atoms with van der Waals surface area (Å²) in [6.07, 6.45) is 9.52. The second-order valence-electron chi connectivity index (χ2n) is 6.97. The van der Waals surface area contributed by atoms with Crippen molar-refractivity contribution in [2.24, 2.45) is 5.73 Å². The van der Waals surface area contributed by atoms with Crippen LogP contribution in [0.5, 0.6) is 0 Å². The van der Waals surface area contributed by atoms with E-state index in [9.17, 15) is 4.79 Å². The van der Waals surface area contributed by atoms with E-state index in [0.717, 1.165) is 28.2 Å². The van der Waals surface area contributed by atoms with Gasteiger partial charge < -0.3 is 21.8 Å². The predicted octanol–water partition coefficient (Wildman–Crippen LogP) is 4.43. The Morgan fingerprint density at radius 3 is 2.66 bits per heavy atom. The summed E-state index contributed by atoms with van der Waals surface area (Å²) in [6, 6.07) is 3.07. The van der Waals surface area contributed by atoms with Crippen molar-refractivity contribution < 1.29 is 4.79 Å². The fraction of sp³-hybridized carbons (Fsp3) is 0.217. The number of halogens is 2. The van der Waals surface area contributed by atoms with Gasteiger partial charge in [0.25, 0.3) is 0 Å². The molecule has 3 rings (SSSR count). The first-order valence-corrected chi connectivity index (χ1v) is 11.6. The van der Waals surface area contributed by atoms with Crippen LogP contribution in [0.1, 0.15) is 44.0 Å². The van der Waals surface area contributed by atoms with Crippen LogP contribution in [0.3, 0.4) is 0 Å². The third-order valence-corrected chi connectivity index (χ3v) is 5.85. The van der Waals surface area contributed by atoms with Crippen LogP contribution in [0.2, 0.25) is 10.0 Å². The van der Waals surface area contributed by atoms with Gasteiger partial charge in [-0.1, -0.05) is 74.0 Å². The van der Waals surface area contributed by atoms with Crippen LogP contribution < -0.4 is 27.5 Å². The highest BCUT2D eigenvalue weighted by molar-refractivity contribution is 8.07. The van der Waals surface area contributed by atoms with Gasteiger partial charge in [-0.2, -0.15) is 0 Å². The molecule has 0 amide bonds. The van der Waals surface area contributed by atoms with Crippen molar-refractivity contribution in [3.05, 3.63) is 78.8 Å². The Morgan fingerprint density at radius 1 is 1.31 bits per heavy atom. The quantitative estimate of drug-likeness (QED) is 0.270. The van der Waals surface area contributed by atoms with Gasteiger partial charge in [0, 0.05) is 11.4 Å². The van der Waals surface area contributed by atoms with E-state index < -0.39 is 5.78 Å². The number of allylic oxidation sites excluding steroid dienone is 4. The number of nitrogens with zero attached hydrogens (tertiary/aromatic N) is 1. The number of imidazole rings is 1. The lowest BCUT2D eigenvalue weighted by molar-refractivity contribution is 0.104. The Morgan fingerprint density at radius 2 is 2.00 bits per heavy atom. The number of anilines is 1. The minimum atomic E-state index is -0.414. The fourth-order valence-electron chi connectivity index (χ4n) is 2.70. The molecule has 6 N–H and O–H groups in total. The van der Waals surface area contributed by atoms with E-state index in [4.69, 9.17) is 34.7 Å². The maximum absolute atomic E-state index is 13.1. The van der Waals surface area contributed by atoms with Crippen molar-refractivity contribution in [3.8, 4) is 0 Å². The summed E-state index contributed by atoms with van der Waals surface area (Å²) in [5.41, 5.74) is 13.3. The zero-order chi connectivity index (χ0) is 23.8. The maximum atomic E-state index is 13.1. The molecule has 0 bridgehead atoms. The molecule has 0 atom stereocenters. The first-order chi connectivity index (χ1) is 15.2. The van der Waals surface area contributed by atoms with E-state index in [0.29, 0.717) is 17.1 Å². The lowest BCUT2D eigenvalue weighted by atomic mass is 10.1. The van der Waals surface area contributed by atoms with Gasteiger partial charge in [0.15, 0.2) is 0 Å². The normalized spacial score (nSPS) is 13.1. The molecule has 170 valence electrons. The van der Waals surface area contributed by atoms with E-state index in [2.05, 4.69) is 35.7 Å². The molecule has 1 aromatic carbocycles. The summed E-state index contributed by atoms with van der Waals surface area (Å²) in [5, 5.41) is 5.78. The number of thioether (sulfide) groups is 1. The molecule has 0 unspecified atom stereocenters. The second-order valence-corrected chi connectivity index (χ2v) is 8.86. The van der Waals surface area contributed by atoms with Crippen molar-refractivity contribution in [1.29, 1.82) is 0 Å². The molecule has 6 nitrogen and oxygen atoms in total. The van der Waals surface area contributed by atoms with Gasteiger partial charge in [-0.3, -0.25) is 4.79 Å². The van der Waals surface area contributed by atoms with E-state index in [1.54, 1.807) is 19.3 Å². The summed E-state index contributed by atoms with van der Waals surface area (Å²) in [4.78, 5) is 20.7. The number of benzene rings is 1. The van der Waals surface area contributed by atoms with Gasteiger partial charge in [0.05, 0.1) is 48.3 Å². The van der Waals surface area contributed by atoms with Crippen molar-refractivity contribution in [2.75, 3.05) is 5.73 Å². The van der Waals surface area contributed by atoms with Gasteiger partial charge in [0.1, 0.15) is 0 Å². The number of carbonyl (C=O) groups excluding carboxylic acids is 1. The van der Waals surface area contributed by atoms with E-state index in [-0.39, 0.29) is 26.2 Å². The number of rotatable bonds is 6. The van der Waals surface area contributed by atoms with E-state index in [1.165, 1.54) is 12.5 Å². The van der Waals surface area contributed by atoms with Gasteiger partial charge in [0.2, 0.25) is 5.78 Å². The molecule has 1 aliphatic rings. The number of nitrogens with two attached hydrogens (primary N) is 2. The smallest absolute Gasteiger partial charge is 0.204 e. The first kappa shape index (κ1) is 25.6. The highest BCUT2D eigenvalue weighted by atomic mass is 35.5. The molecular weight excluding hydrogens is 465 g/mol. The number of Topliss-reactive ketones (excluding diaryl/α,β-unsaturated/α-hetero) is 1. The third kappa shape index (κ3) is 6.45. The number of aromatic nitrogens is 2. The lowest BCUT2D eigenvalue weighted by Crippen LogP contribution is -2.24. The highest BCUT2D eigenvalue weighted by Gasteiger charge is 2.23. The monoisotopic (exact) mass is 491 g/mol. The van der Waals surface area contributed by atoms with Gasteiger partial charge in [-0.05, 0) is 31.6 Å². The highest BCUT2D eigenvalue weighted by Crippen LogP contribution is 2.36. The van der Waals surface area contributed by atoms with Crippen molar-refractivity contribution in [3.63, 3.8) is 0 Å². The van der Waals surface area contributed by atoms with Crippen LogP contribution in [0, 0.1) is 0 Å². The number of aromatic amines is 1. The Bertz CT molecular complexity index is 1190. The fourth-order valence-corrected chi connectivity index (χ4v) is 4.01. The molecule has 0 fully saturated rings. The molecule has 1 aliphatic carbocycles. The van der Waals surface area contributed by atoms with Gasteiger partial charge >= 0.3 is 0 Å². The summed E-state index contributed by atoms with van der Waals surface area (Å²) < 4.78 is 0. The molecule has 0 radical (unpaired) electrons. The zero-order valence-electron chi connectivity index (χ0n) is 18.3. The molecule has 0 aliphatic heterocycles. The summed E-state index contributed by atoms with van der Waals surface area (Å²) in [5.74, 6) is -0.414. The van der Waals surface area contributed by atoms with Crippen molar-refractivity contribution in [2.45, 2.75) is 33.6 Å². The average Bonchev–Trinajstić information content (AvgIpc) is 3.07. The molecule has 1 heterocycles. The average molecular weight is 492 g/mol. The van der Waals surface area contributed by atoms with Crippen LogP contribution in [0.15, 0.2) is 52.4 Å². The molecule has 32 heavy (non-hydrogen) atoms. The molecule has 0 saturated carbocycles. The lowest BCUT2D eigenvalue weighted by Gasteiger charge is -2.15. The predicted molar refractivity (Wildman–Crippen MR) is 137 cm³/mol. The Hall–Kier alpha value is -2.61. The van der Waals surface area contributed by atoms with Crippen molar-refractivity contribution >= 4 is 58.6 Å². The molecular formula is C23H27Cl2N5OS. The number of H-pyrrole nitrogens is 1. The number of hydrogen-bond acceptors (Lipinski definition) is 6. The van der Waals surface area contributed by atoms with Gasteiger partial charge in [-0.15, -0.1) is 0 Å². The van der Waals surface area contributed by atoms with Crippen LogP contribution in [-0.2, 0) is 0 Å². The van der Waals surface area contributed by atoms with Crippen LogP contribution in [0.4, 0.5) is 5.69 Å². The molecule has 0 saturated heterocycles. The van der Waals surface area contributed by atoms with Crippen LogP contribution >= 0.6 is 35.0 Å². The van der Waals surface area contributed by atoms with E-state index in [1.807, 2.05) is 18.2 Å². The largest absolute Gasteiger partial charge is 0.401 e. The molecule has 1 aromatic heterocycles. The number of nitrogens with one attached hydrogen (secondary N) is 2. The number of fused-ring (bicyclic) bond motifs is 1. The van der Waals surface area contributed by atoms with Gasteiger partial charge in [-0.25, -0.2) is 4.98 Å². The third-order valence-electron chi connectivity index (χ3n) is 4.07. The zero-order valence-corrected chi connectivity index (χ0v) is 20.6. The maximum Gasteiger partial charge on any atom is 0.204 e. The molecule has 9 heteroatoms. The summed E-state index contributed by atoms with van der Waals surface area (Å²) in [6.45, 7) is 9.89. The van der Waals surface area contributed by atoms with Crippen LogP contribution in [0.25, 0.3) is 12.2 Å². The second kappa shape index (κ2) is 11.9. The Labute approximate surface area is 202 Å². The van der Waals surface area contributed by atoms with E-state index >= 15 is 0 Å². The Balaban J connectivity index is 0.00000114. The van der Waals surface area contributed by atoms with Crippen molar-refractivity contribution in [1.82, 2.24) is 15.3 Å². The number of hydrogen-bond donors (Lipinski definition) is 4. The summed E-state index contributed by atoms with van der Waals surface area (Å²) >= 11 is 13.5. The standard InChI is InChI=1S/C20H19Cl2N5OS.C3H8/c1-10(23)20(19(28)17-13(21)6-7-14(24)18(17)22)29-11(2)27-12-4-3-5-15-16(8-12)26-9-25-15;1-3-2/h4-9,27H,2-3,23-24H2,1H3,(H,25,26);3H2,1-2H3/b20-10+;. The number of carbonyl (C=O) groups is 1. The minimum absolute atomic E-state index is 0.0996. The first-order valence-electron chi connectivity index (χ1n) is 9.99.